The topological polar surface area (TPSA) is 45.7 Å². The number of rotatable bonds is 8. The van der Waals surface area contributed by atoms with Crippen molar-refractivity contribution >= 4 is 29.9 Å². The zero-order valence-electron chi connectivity index (χ0n) is 14.0. The van der Waals surface area contributed by atoms with Gasteiger partial charge in [0, 0.05) is 32.3 Å². The predicted octanol–water partition coefficient (Wildman–Crippen LogP) is 3.55. The molecule has 1 aliphatic rings. The summed E-state index contributed by atoms with van der Waals surface area (Å²) in [6, 6.07) is 0.610. The van der Waals surface area contributed by atoms with E-state index < -0.39 is 0 Å². The Labute approximate surface area is 147 Å². The van der Waals surface area contributed by atoms with E-state index in [2.05, 4.69) is 36.4 Å². The smallest absolute Gasteiger partial charge is 0.191 e. The number of nitrogens with zero attached hydrogens (tertiary/aromatic N) is 1. The van der Waals surface area contributed by atoms with Crippen LogP contribution in [0.1, 0.15) is 59.3 Å². The second kappa shape index (κ2) is 13.6. The standard InChI is InChI=1S/C16H33N3O.HI/c1-4-17-16(19-15-9-6-5-7-10-15)18-11-8-12-20-13-14(2)3;/h14-15H,4-13H2,1-3H3,(H2,17,18,19);1H. The summed E-state index contributed by atoms with van der Waals surface area (Å²) in [7, 11) is 0. The van der Waals surface area contributed by atoms with Crippen molar-refractivity contribution < 1.29 is 4.74 Å². The van der Waals surface area contributed by atoms with Crippen molar-refractivity contribution in [1.82, 2.24) is 10.6 Å². The fraction of sp³-hybridized carbons (Fsp3) is 0.938. The molecule has 2 N–H and O–H groups in total. The van der Waals surface area contributed by atoms with Gasteiger partial charge in [-0.15, -0.1) is 24.0 Å². The van der Waals surface area contributed by atoms with Gasteiger partial charge in [0.2, 0.25) is 0 Å². The molecule has 0 bridgehead atoms. The van der Waals surface area contributed by atoms with E-state index in [0.29, 0.717) is 12.0 Å². The maximum atomic E-state index is 5.58. The molecule has 5 heteroatoms. The lowest BCUT2D eigenvalue weighted by Gasteiger charge is -2.24. The van der Waals surface area contributed by atoms with Crippen molar-refractivity contribution in [3.8, 4) is 0 Å². The van der Waals surface area contributed by atoms with Crippen molar-refractivity contribution in [3.63, 3.8) is 0 Å². The number of halogens is 1. The lowest BCUT2D eigenvalue weighted by atomic mass is 9.96. The minimum atomic E-state index is 0. The van der Waals surface area contributed by atoms with Gasteiger partial charge < -0.3 is 15.4 Å². The van der Waals surface area contributed by atoms with Gasteiger partial charge in [-0.1, -0.05) is 33.1 Å². The molecule has 0 amide bonds. The van der Waals surface area contributed by atoms with Crippen LogP contribution in [0, 0.1) is 5.92 Å². The summed E-state index contributed by atoms with van der Waals surface area (Å²) < 4.78 is 5.58. The Bertz CT molecular complexity index is 266. The molecule has 0 aliphatic heterocycles. The zero-order chi connectivity index (χ0) is 14.6. The molecule has 1 rings (SSSR count). The minimum Gasteiger partial charge on any atom is -0.381 e. The van der Waals surface area contributed by atoms with Crippen LogP contribution in [0.25, 0.3) is 0 Å². The summed E-state index contributed by atoms with van der Waals surface area (Å²) in [5.74, 6) is 1.59. The SMILES string of the molecule is CCNC(=NCCCOCC(C)C)NC1CCCCC1.I. The van der Waals surface area contributed by atoms with Gasteiger partial charge in [-0.25, -0.2) is 0 Å². The Hall–Kier alpha value is -0.0400. The molecule has 1 saturated carbocycles. The summed E-state index contributed by atoms with van der Waals surface area (Å²) in [6.45, 7) is 9.88. The Kier molecular flexibility index (Phi) is 13.6. The van der Waals surface area contributed by atoms with Gasteiger partial charge in [-0.3, -0.25) is 4.99 Å². The van der Waals surface area contributed by atoms with Gasteiger partial charge in [-0.05, 0) is 32.1 Å². The van der Waals surface area contributed by atoms with Crippen molar-refractivity contribution in [2.24, 2.45) is 10.9 Å². The Morgan fingerprint density at radius 3 is 2.57 bits per heavy atom. The average Bonchev–Trinajstić information content (AvgIpc) is 2.43. The second-order valence-electron chi connectivity index (χ2n) is 6.06. The van der Waals surface area contributed by atoms with Gasteiger partial charge in [0.1, 0.15) is 0 Å². The van der Waals surface area contributed by atoms with Crippen LogP contribution in [0.3, 0.4) is 0 Å². The van der Waals surface area contributed by atoms with Crippen LogP contribution in [0.2, 0.25) is 0 Å². The molecule has 0 spiro atoms. The highest BCUT2D eigenvalue weighted by Gasteiger charge is 2.14. The molecule has 0 aromatic heterocycles. The molecular formula is C16H34IN3O. The third-order valence-electron chi connectivity index (χ3n) is 3.46. The molecule has 126 valence electrons. The highest BCUT2D eigenvalue weighted by molar-refractivity contribution is 14.0. The summed E-state index contributed by atoms with van der Waals surface area (Å²) >= 11 is 0. The van der Waals surface area contributed by atoms with E-state index in [4.69, 9.17) is 4.74 Å². The van der Waals surface area contributed by atoms with E-state index >= 15 is 0 Å². The molecule has 4 nitrogen and oxygen atoms in total. The van der Waals surface area contributed by atoms with Crippen LogP contribution in [0.15, 0.2) is 4.99 Å². The normalized spacial score (nSPS) is 16.7. The van der Waals surface area contributed by atoms with Crippen LogP contribution < -0.4 is 10.6 Å². The number of ether oxygens (including phenoxy) is 1. The minimum absolute atomic E-state index is 0. The molecule has 0 aromatic carbocycles. The molecule has 0 saturated heterocycles. The first kappa shape index (κ1) is 21.0. The summed E-state index contributed by atoms with van der Waals surface area (Å²) in [4.78, 5) is 4.64. The first-order valence-corrected chi connectivity index (χ1v) is 8.35. The van der Waals surface area contributed by atoms with Crippen LogP contribution in [0.5, 0.6) is 0 Å². The fourth-order valence-electron chi connectivity index (χ4n) is 2.44. The Morgan fingerprint density at radius 1 is 1.24 bits per heavy atom. The van der Waals surface area contributed by atoms with Crippen LogP contribution in [-0.4, -0.2) is 38.3 Å². The molecule has 0 unspecified atom stereocenters. The molecule has 0 aromatic rings. The Balaban J connectivity index is 0.00000400. The van der Waals surface area contributed by atoms with E-state index in [1.807, 2.05) is 0 Å². The molecule has 0 atom stereocenters. The average molecular weight is 411 g/mol. The van der Waals surface area contributed by atoms with Gasteiger partial charge in [-0.2, -0.15) is 0 Å². The quantitative estimate of drug-likeness (QED) is 0.278. The number of hydrogen-bond acceptors (Lipinski definition) is 2. The number of guanidine groups is 1. The molecular weight excluding hydrogens is 377 g/mol. The number of hydrogen-bond donors (Lipinski definition) is 2. The van der Waals surface area contributed by atoms with Crippen molar-refractivity contribution in [2.45, 2.75) is 65.3 Å². The predicted molar refractivity (Wildman–Crippen MR) is 102 cm³/mol. The third-order valence-corrected chi connectivity index (χ3v) is 3.46. The highest BCUT2D eigenvalue weighted by Crippen LogP contribution is 2.17. The lowest BCUT2D eigenvalue weighted by molar-refractivity contribution is 0.109. The maximum absolute atomic E-state index is 5.58. The van der Waals surface area contributed by atoms with Crippen molar-refractivity contribution in [3.05, 3.63) is 0 Å². The van der Waals surface area contributed by atoms with Crippen LogP contribution >= 0.6 is 24.0 Å². The first-order chi connectivity index (χ1) is 9.72. The maximum Gasteiger partial charge on any atom is 0.191 e. The van der Waals surface area contributed by atoms with Gasteiger partial charge in [0.05, 0.1) is 0 Å². The highest BCUT2D eigenvalue weighted by atomic mass is 127. The summed E-state index contributed by atoms with van der Waals surface area (Å²) in [6.07, 6.45) is 7.64. The first-order valence-electron chi connectivity index (χ1n) is 8.35. The van der Waals surface area contributed by atoms with Gasteiger partial charge >= 0.3 is 0 Å². The zero-order valence-corrected chi connectivity index (χ0v) is 16.3. The van der Waals surface area contributed by atoms with Crippen LogP contribution in [-0.2, 0) is 4.74 Å². The molecule has 21 heavy (non-hydrogen) atoms. The molecule has 1 fully saturated rings. The largest absolute Gasteiger partial charge is 0.381 e. The summed E-state index contributed by atoms with van der Waals surface area (Å²) in [5, 5.41) is 6.90. The number of aliphatic imine (C=N–C) groups is 1. The Morgan fingerprint density at radius 2 is 1.95 bits per heavy atom. The van der Waals surface area contributed by atoms with Crippen molar-refractivity contribution in [1.29, 1.82) is 0 Å². The van der Waals surface area contributed by atoms with Gasteiger partial charge in [0.15, 0.2) is 5.96 Å². The fourth-order valence-corrected chi connectivity index (χ4v) is 2.44. The third kappa shape index (κ3) is 11.2. The van der Waals surface area contributed by atoms with Gasteiger partial charge in [0.25, 0.3) is 0 Å². The van der Waals surface area contributed by atoms with Crippen LogP contribution in [0.4, 0.5) is 0 Å². The molecule has 1 aliphatic carbocycles. The lowest BCUT2D eigenvalue weighted by Crippen LogP contribution is -2.44. The van der Waals surface area contributed by atoms with E-state index in [1.165, 1.54) is 32.1 Å². The second-order valence-corrected chi connectivity index (χ2v) is 6.06. The van der Waals surface area contributed by atoms with E-state index in [9.17, 15) is 0 Å². The van der Waals surface area contributed by atoms with E-state index in [1.54, 1.807) is 0 Å². The molecule has 0 radical (unpaired) electrons. The number of nitrogens with one attached hydrogen (secondary N) is 2. The van der Waals surface area contributed by atoms with E-state index in [-0.39, 0.29) is 24.0 Å². The monoisotopic (exact) mass is 411 g/mol. The van der Waals surface area contributed by atoms with Crippen molar-refractivity contribution in [2.75, 3.05) is 26.3 Å². The van der Waals surface area contributed by atoms with E-state index in [0.717, 1.165) is 38.7 Å². The summed E-state index contributed by atoms with van der Waals surface area (Å²) in [5.41, 5.74) is 0. The molecule has 0 heterocycles.